The third kappa shape index (κ3) is 3.69. The van der Waals surface area contributed by atoms with E-state index in [1.165, 1.54) is 0 Å². The molecule has 4 rings (SSSR count). The first-order chi connectivity index (χ1) is 13.4. The van der Waals surface area contributed by atoms with Crippen LogP contribution in [-0.2, 0) is 10.0 Å². The number of nitrogens with one attached hydrogen (secondary N) is 1. The van der Waals surface area contributed by atoms with Crippen LogP contribution in [-0.4, -0.2) is 18.2 Å². The molecule has 1 aromatic heterocycles. The zero-order valence-electron chi connectivity index (χ0n) is 16.2. The zero-order valence-corrected chi connectivity index (χ0v) is 17.0. The molecule has 1 heterocycles. The summed E-state index contributed by atoms with van der Waals surface area (Å²) in [6, 6.07) is 15.5. The normalized spacial score (nSPS) is 15.1. The van der Waals surface area contributed by atoms with Gasteiger partial charge in [0, 0.05) is 11.8 Å². The van der Waals surface area contributed by atoms with Crippen molar-refractivity contribution < 1.29 is 8.42 Å². The third-order valence-electron chi connectivity index (χ3n) is 5.37. The number of hydrogen-bond donors (Lipinski definition) is 1. The fourth-order valence-corrected chi connectivity index (χ4v) is 5.05. The van der Waals surface area contributed by atoms with Crippen LogP contribution in [0, 0.1) is 13.8 Å². The molecular weight excluding hydrogens is 370 g/mol. The maximum absolute atomic E-state index is 13.3. The summed E-state index contributed by atoms with van der Waals surface area (Å²) in [5.41, 5.74) is 3.81. The van der Waals surface area contributed by atoms with Crippen molar-refractivity contribution >= 4 is 15.7 Å². The van der Waals surface area contributed by atoms with Crippen LogP contribution in [0.2, 0.25) is 0 Å². The maximum atomic E-state index is 13.3. The average Bonchev–Trinajstić information content (AvgIpc) is 3.35. The van der Waals surface area contributed by atoms with Crippen molar-refractivity contribution in [2.75, 3.05) is 4.72 Å². The van der Waals surface area contributed by atoms with Gasteiger partial charge in [-0.15, -0.1) is 0 Å². The van der Waals surface area contributed by atoms with Crippen molar-refractivity contribution in [2.45, 2.75) is 50.5 Å². The van der Waals surface area contributed by atoms with Crippen LogP contribution >= 0.6 is 0 Å². The van der Waals surface area contributed by atoms with E-state index < -0.39 is 10.0 Å². The topological polar surface area (TPSA) is 64.0 Å². The maximum Gasteiger partial charge on any atom is 0.265 e. The number of nitrogens with zero attached hydrogens (tertiary/aromatic N) is 2. The van der Waals surface area contributed by atoms with Crippen LogP contribution in [0.1, 0.15) is 42.9 Å². The fourth-order valence-electron chi connectivity index (χ4n) is 3.77. The molecule has 0 saturated heterocycles. The Morgan fingerprint density at radius 1 is 1.04 bits per heavy atom. The van der Waals surface area contributed by atoms with E-state index in [0.29, 0.717) is 11.4 Å². The summed E-state index contributed by atoms with van der Waals surface area (Å²) in [7, 11) is -3.77. The highest BCUT2D eigenvalue weighted by Crippen LogP contribution is 2.34. The number of aromatic nitrogens is 2. The molecule has 0 atom stereocenters. The van der Waals surface area contributed by atoms with Crippen molar-refractivity contribution in [3.05, 3.63) is 65.9 Å². The molecule has 1 aliphatic rings. The number of rotatable bonds is 5. The summed E-state index contributed by atoms with van der Waals surface area (Å²) < 4.78 is 31.3. The number of aryl methyl sites for hydroxylation is 2. The minimum Gasteiger partial charge on any atom is -0.279 e. The summed E-state index contributed by atoms with van der Waals surface area (Å²) >= 11 is 0. The lowest BCUT2D eigenvalue weighted by Crippen LogP contribution is -2.14. The second-order valence-electron chi connectivity index (χ2n) is 7.55. The van der Waals surface area contributed by atoms with E-state index in [1.54, 1.807) is 6.20 Å². The number of sulfonamides is 1. The molecule has 28 heavy (non-hydrogen) atoms. The van der Waals surface area contributed by atoms with Gasteiger partial charge < -0.3 is 0 Å². The molecule has 1 N–H and O–H groups in total. The Hall–Kier alpha value is -2.60. The summed E-state index contributed by atoms with van der Waals surface area (Å²) in [5.74, 6) is 0. The van der Waals surface area contributed by atoms with Gasteiger partial charge in [0.25, 0.3) is 10.0 Å². The van der Waals surface area contributed by atoms with Crippen LogP contribution in [0.4, 0.5) is 5.69 Å². The van der Waals surface area contributed by atoms with Gasteiger partial charge in [-0.1, -0.05) is 55.3 Å². The molecule has 3 aromatic rings. The highest BCUT2D eigenvalue weighted by molar-refractivity contribution is 7.92. The number of anilines is 1. The predicted octanol–water partition coefficient (Wildman–Crippen LogP) is 5.08. The first-order valence-electron chi connectivity index (χ1n) is 9.69. The van der Waals surface area contributed by atoms with Crippen molar-refractivity contribution in [3.8, 4) is 11.3 Å². The van der Waals surface area contributed by atoms with E-state index in [9.17, 15) is 8.42 Å². The monoisotopic (exact) mass is 395 g/mol. The summed E-state index contributed by atoms with van der Waals surface area (Å²) in [6.45, 7) is 3.85. The molecule has 146 valence electrons. The molecule has 0 radical (unpaired) electrons. The van der Waals surface area contributed by atoms with Crippen LogP contribution in [0.3, 0.4) is 0 Å². The molecule has 1 saturated carbocycles. The third-order valence-corrected chi connectivity index (χ3v) is 6.74. The van der Waals surface area contributed by atoms with Crippen LogP contribution in [0.25, 0.3) is 11.3 Å². The Morgan fingerprint density at radius 2 is 1.75 bits per heavy atom. The largest absolute Gasteiger partial charge is 0.279 e. The molecule has 5 nitrogen and oxygen atoms in total. The van der Waals surface area contributed by atoms with Gasteiger partial charge in [-0.25, -0.2) is 8.42 Å². The van der Waals surface area contributed by atoms with E-state index in [0.717, 1.165) is 42.4 Å². The van der Waals surface area contributed by atoms with Gasteiger partial charge in [0.1, 0.15) is 10.6 Å². The lowest BCUT2D eigenvalue weighted by atomic mass is 10.1. The Kier molecular flexibility index (Phi) is 4.98. The predicted molar refractivity (Wildman–Crippen MR) is 112 cm³/mol. The molecule has 1 fully saturated rings. The fraction of sp³-hybridized carbons (Fsp3) is 0.318. The van der Waals surface area contributed by atoms with Crippen molar-refractivity contribution in [1.82, 2.24) is 9.78 Å². The van der Waals surface area contributed by atoms with Crippen LogP contribution in [0.15, 0.2) is 59.6 Å². The molecule has 0 bridgehead atoms. The molecule has 6 heteroatoms. The standard InChI is InChI=1S/C22H25N3O2S/c1-16-12-13-17(2)20(14-16)24-28(26,27)21-15-25(19-10-6-7-11-19)23-22(21)18-8-4-3-5-9-18/h3-5,8-9,12-15,19,24H,6-7,10-11H2,1-2H3. The summed E-state index contributed by atoms with van der Waals surface area (Å²) in [4.78, 5) is 0.228. The van der Waals surface area contributed by atoms with Crippen LogP contribution < -0.4 is 4.72 Å². The molecule has 2 aromatic carbocycles. The summed E-state index contributed by atoms with van der Waals surface area (Å²) in [5, 5.41) is 4.71. The first-order valence-corrected chi connectivity index (χ1v) is 11.2. The van der Waals surface area contributed by atoms with Gasteiger partial charge in [0.05, 0.1) is 11.7 Å². The van der Waals surface area contributed by atoms with Gasteiger partial charge in [0.2, 0.25) is 0 Å². The van der Waals surface area contributed by atoms with Gasteiger partial charge in [-0.2, -0.15) is 5.10 Å². The quantitative estimate of drug-likeness (QED) is 0.655. The molecule has 0 amide bonds. The highest BCUT2D eigenvalue weighted by Gasteiger charge is 2.27. The van der Waals surface area contributed by atoms with Crippen molar-refractivity contribution in [1.29, 1.82) is 0 Å². The number of benzene rings is 2. The van der Waals surface area contributed by atoms with Crippen molar-refractivity contribution in [2.24, 2.45) is 0 Å². The zero-order chi connectivity index (χ0) is 19.7. The molecule has 0 unspecified atom stereocenters. The second-order valence-corrected chi connectivity index (χ2v) is 9.20. The molecule has 0 spiro atoms. The minimum absolute atomic E-state index is 0.228. The SMILES string of the molecule is Cc1ccc(C)c(NS(=O)(=O)c2cn(C3CCCC3)nc2-c2ccccc2)c1. The average molecular weight is 396 g/mol. The van der Waals surface area contributed by atoms with Gasteiger partial charge in [-0.05, 0) is 43.9 Å². The van der Waals surface area contributed by atoms with E-state index in [4.69, 9.17) is 5.10 Å². The van der Waals surface area contributed by atoms with Gasteiger partial charge in [-0.3, -0.25) is 9.40 Å². The van der Waals surface area contributed by atoms with E-state index in [1.807, 2.05) is 67.1 Å². The van der Waals surface area contributed by atoms with E-state index in [2.05, 4.69) is 4.72 Å². The Labute approximate surface area is 166 Å². The van der Waals surface area contributed by atoms with E-state index >= 15 is 0 Å². The molecule has 1 aliphatic carbocycles. The molecule has 0 aliphatic heterocycles. The van der Waals surface area contributed by atoms with Crippen LogP contribution in [0.5, 0.6) is 0 Å². The Morgan fingerprint density at radius 3 is 2.46 bits per heavy atom. The lowest BCUT2D eigenvalue weighted by Gasteiger charge is -2.11. The highest BCUT2D eigenvalue weighted by atomic mass is 32.2. The smallest absolute Gasteiger partial charge is 0.265 e. The Bertz CT molecular complexity index is 1080. The van der Waals surface area contributed by atoms with Gasteiger partial charge >= 0.3 is 0 Å². The van der Waals surface area contributed by atoms with Gasteiger partial charge in [0.15, 0.2) is 0 Å². The van der Waals surface area contributed by atoms with E-state index in [-0.39, 0.29) is 10.9 Å². The Balaban J connectivity index is 1.79. The van der Waals surface area contributed by atoms with Crippen molar-refractivity contribution in [3.63, 3.8) is 0 Å². The number of hydrogen-bond acceptors (Lipinski definition) is 3. The second kappa shape index (κ2) is 7.43. The lowest BCUT2D eigenvalue weighted by molar-refractivity contribution is 0.467. The minimum atomic E-state index is -3.77. The summed E-state index contributed by atoms with van der Waals surface area (Å²) in [6.07, 6.45) is 6.10. The first kappa shape index (κ1) is 18.7. The molecular formula is C22H25N3O2S.